The molecule has 0 spiro atoms. The van der Waals surface area contributed by atoms with Gasteiger partial charge >= 0.3 is 0 Å². The molecule has 0 atom stereocenters. The molecule has 9 heteroatoms. The molecule has 1 aromatic heterocycles. The second kappa shape index (κ2) is 11.2. The number of carbonyl (C=O) groups is 2. The number of aromatic nitrogens is 2. The first-order valence-electron chi connectivity index (χ1n) is 11.5. The van der Waals surface area contributed by atoms with Gasteiger partial charge in [0, 0.05) is 17.7 Å². The van der Waals surface area contributed by atoms with Crippen molar-refractivity contribution < 1.29 is 19.1 Å². The fourth-order valence-corrected chi connectivity index (χ4v) is 3.70. The highest BCUT2D eigenvalue weighted by atomic mass is 16.5. The van der Waals surface area contributed by atoms with Gasteiger partial charge in [0.2, 0.25) is 5.91 Å². The number of hydrogen-bond donors (Lipinski definition) is 2. The molecule has 0 radical (unpaired) electrons. The summed E-state index contributed by atoms with van der Waals surface area (Å²) in [4.78, 5) is 42.3. The Kier molecular flexibility index (Phi) is 7.60. The Balaban J connectivity index is 1.63. The number of hydrogen-bond acceptors (Lipinski definition) is 6. The smallest absolute Gasteiger partial charge is 0.269 e. The first kappa shape index (κ1) is 24.5. The number of anilines is 2. The van der Waals surface area contributed by atoms with Crippen LogP contribution in [0.25, 0.3) is 11.0 Å². The van der Waals surface area contributed by atoms with Gasteiger partial charge in [0.1, 0.15) is 18.0 Å². The van der Waals surface area contributed by atoms with Crippen LogP contribution >= 0.6 is 0 Å². The van der Waals surface area contributed by atoms with Gasteiger partial charge in [-0.05, 0) is 38.1 Å². The van der Waals surface area contributed by atoms with Crippen molar-refractivity contribution in [2.24, 2.45) is 0 Å². The maximum absolute atomic E-state index is 13.0. The van der Waals surface area contributed by atoms with Crippen LogP contribution in [0.3, 0.4) is 0 Å². The van der Waals surface area contributed by atoms with Crippen molar-refractivity contribution in [3.63, 3.8) is 0 Å². The first-order chi connectivity index (χ1) is 17.5. The number of carbonyl (C=O) groups excluding carboxylic acids is 2. The Labute approximate surface area is 207 Å². The monoisotopic (exact) mass is 486 g/mol. The number of nitrogens with one attached hydrogen (secondary N) is 2. The third kappa shape index (κ3) is 5.52. The molecule has 9 nitrogen and oxygen atoms in total. The van der Waals surface area contributed by atoms with E-state index in [9.17, 15) is 14.4 Å². The average Bonchev–Trinajstić information content (AvgIpc) is 2.89. The van der Waals surface area contributed by atoms with E-state index in [2.05, 4.69) is 15.6 Å². The Bertz CT molecular complexity index is 1450. The molecule has 0 unspecified atom stereocenters. The lowest BCUT2D eigenvalue weighted by atomic mass is 10.2. The van der Waals surface area contributed by atoms with Crippen LogP contribution in [0.1, 0.15) is 24.2 Å². The van der Waals surface area contributed by atoms with Crippen LogP contribution in [-0.2, 0) is 11.3 Å². The van der Waals surface area contributed by atoms with Gasteiger partial charge in [-0.1, -0.05) is 30.3 Å². The maximum Gasteiger partial charge on any atom is 0.269 e. The fourth-order valence-electron chi connectivity index (χ4n) is 3.70. The highest BCUT2D eigenvalue weighted by Crippen LogP contribution is 2.37. The second-order valence-corrected chi connectivity index (χ2v) is 7.75. The lowest BCUT2D eigenvalue weighted by Crippen LogP contribution is -2.28. The highest BCUT2D eigenvalue weighted by molar-refractivity contribution is 6.05. The van der Waals surface area contributed by atoms with Crippen molar-refractivity contribution in [2.75, 3.05) is 23.8 Å². The van der Waals surface area contributed by atoms with Gasteiger partial charge in [0.15, 0.2) is 0 Å². The van der Waals surface area contributed by atoms with E-state index in [0.29, 0.717) is 52.7 Å². The zero-order chi connectivity index (χ0) is 25.5. The summed E-state index contributed by atoms with van der Waals surface area (Å²) in [5, 5.41) is 5.66. The van der Waals surface area contributed by atoms with E-state index in [4.69, 9.17) is 9.47 Å². The van der Waals surface area contributed by atoms with E-state index in [0.717, 1.165) is 0 Å². The van der Waals surface area contributed by atoms with Gasteiger partial charge in [0.25, 0.3) is 11.5 Å². The van der Waals surface area contributed by atoms with Crippen LogP contribution in [0, 0.1) is 0 Å². The van der Waals surface area contributed by atoms with E-state index in [1.165, 1.54) is 10.8 Å². The maximum atomic E-state index is 13.0. The Hall–Kier alpha value is -4.66. The van der Waals surface area contributed by atoms with Crippen LogP contribution in [0.2, 0.25) is 0 Å². The largest absolute Gasteiger partial charge is 0.492 e. The predicted molar refractivity (Wildman–Crippen MR) is 138 cm³/mol. The van der Waals surface area contributed by atoms with Gasteiger partial charge in [-0.2, -0.15) is 0 Å². The molecule has 3 aromatic carbocycles. The molecule has 0 aliphatic rings. The number of nitrogens with zero attached hydrogens (tertiary/aromatic N) is 2. The number of amides is 2. The van der Waals surface area contributed by atoms with E-state index in [-0.39, 0.29) is 18.0 Å². The molecule has 0 bridgehead atoms. The summed E-state index contributed by atoms with van der Waals surface area (Å²) in [7, 11) is 0. The molecule has 0 aliphatic carbocycles. The lowest BCUT2D eigenvalue weighted by molar-refractivity contribution is -0.116. The minimum Gasteiger partial charge on any atom is -0.492 e. The second-order valence-electron chi connectivity index (χ2n) is 7.75. The molecule has 4 rings (SSSR count). The number of ether oxygens (including phenoxy) is 2. The van der Waals surface area contributed by atoms with Crippen molar-refractivity contribution in [3.8, 4) is 11.5 Å². The minimum atomic E-state index is -0.432. The molecule has 0 fully saturated rings. The zero-order valence-electron chi connectivity index (χ0n) is 20.0. The molecular weight excluding hydrogens is 460 g/mol. The highest BCUT2D eigenvalue weighted by Gasteiger charge is 2.18. The van der Waals surface area contributed by atoms with Crippen LogP contribution in [-0.4, -0.2) is 34.6 Å². The van der Waals surface area contributed by atoms with Gasteiger partial charge in [0.05, 0.1) is 41.8 Å². The van der Waals surface area contributed by atoms with Crippen molar-refractivity contribution in [3.05, 3.63) is 88.8 Å². The van der Waals surface area contributed by atoms with Gasteiger partial charge < -0.3 is 20.1 Å². The van der Waals surface area contributed by atoms with E-state index in [1.807, 2.05) is 26.0 Å². The molecule has 4 aromatic rings. The normalized spacial score (nSPS) is 10.6. The third-order valence-electron chi connectivity index (χ3n) is 5.29. The lowest BCUT2D eigenvalue weighted by Gasteiger charge is -2.18. The van der Waals surface area contributed by atoms with E-state index in [1.54, 1.807) is 54.6 Å². The summed E-state index contributed by atoms with van der Waals surface area (Å²) in [5.41, 5.74) is 2.03. The summed E-state index contributed by atoms with van der Waals surface area (Å²) in [6, 6.07) is 19.1. The summed E-state index contributed by atoms with van der Waals surface area (Å²) < 4.78 is 12.8. The molecule has 36 heavy (non-hydrogen) atoms. The number of fused-ring (bicyclic) bond motifs is 1. The predicted octanol–water partition coefficient (Wildman–Crippen LogP) is 4.08. The summed E-state index contributed by atoms with van der Waals surface area (Å²) >= 11 is 0. The summed E-state index contributed by atoms with van der Waals surface area (Å²) in [5.74, 6) is -0.0192. The Morgan fingerprint density at radius 2 is 1.47 bits per heavy atom. The number of para-hydroxylation sites is 2. The number of benzene rings is 3. The number of rotatable bonds is 9. The van der Waals surface area contributed by atoms with Crippen molar-refractivity contribution in [1.29, 1.82) is 0 Å². The topological polar surface area (TPSA) is 112 Å². The molecule has 2 N–H and O–H groups in total. The van der Waals surface area contributed by atoms with Crippen LogP contribution in [0.5, 0.6) is 11.5 Å². The molecule has 184 valence electrons. The average molecular weight is 487 g/mol. The molecular formula is C27H26N4O5. The van der Waals surface area contributed by atoms with Gasteiger partial charge in [-0.25, -0.2) is 4.98 Å². The van der Waals surface area contributed by atoms with Crippen molar-refractivity contribution in [1.82, 2.24) is 9.55 Å². The first-order valence-corrected chi connectivity index (χ1v) is 11.5. The SMILES string of the molecule is CCOc1cc(NC(=O)c2ccccc2)c(OCC)cc1NC(=O)Cn1c(=O)cnc2ccccc21. The quantitative estimate of drug-likeness (QED) is 0.369. The van der Waals surface area contributed by atoms with E-state index >= 15 is 0 Å². The fraction of sp³-hybridized carbons (Fsp3) is 0.185. The molecule has 0 aliphatic heterocycles. The van der Waals surface area contributed by atoms with E-state index < -0.39 is 5.91 Å². The van der Waals surface area contributed by atoms with Crippen molar-refractivity contribution >= 4 is 34.2 Å². The molecule has 0 saturated carbocycles. The van der Waals surface area contributed by atoms with Gasteiger partial charge in [-0.15, -0.1) is 0 Å². The molecule has 0 saturated heterocycles. The minimum absolute atomic E-state index is 0.218. The molecule has 2 amide bonds. The van der Waals surface area contributed by atoms with Crippen LogP contribution in [0.4, 0.5) is 11.4 Å². The molecule has 1 heterocycles. The standard InChI is InChI=1S/C27H26N4O5/c1-3-35-23-15-21(30-27(34)18-10-6-5-7-11-18)24(36-4-2)14-20(23)29-25(32)17-31-22-13-9-8-12-19(22)28-16-26(31)33/h5-16H,3-4,17H2,1-2H3,(H,29,32)(H,30,34). The van der Waals surface area contributed by atoms with Crippen molar-refractivity contribution in [2.45, 2.75) is 20.4 Å². The Morgan fingerprint density at radius 3 is 2.14 bits per heavy atom. The van der Waals surface area contributed by atoms with Crippen LogP contribution in [0.15, 0.2) is 77.7 Å². The van der Waals surface area contributed by atoms with Gasteiger partial charge in [-0.3, -0.25) is 19.0 Å². The van der Waals surface area contributed by atoms with Crippen LogP contribution < -0.4 is 25.7 Å². The summed E-state index contributed by atoms with van der Waals surface area (Å²) in [6.07, 6.45) is 1.19. The zero-order valence-corrected chi connectivity index (χ0v) is 20.0. The Morgan fingerprint density at radius 1 is 0.861 bits per heavy atom. The third-order valence-corrected chi connectivity index (χ3v) is 5.29. The summed E-state index contributed by atoms with van der Waals surface area (Å²) in [6.45, 7) is 4.08.